The summed E-state index contributed by atoms with van der Waals surface area (Å²) in [5.41, 5.74) is -1.05. The van der Waals surface area contributed by atoms with Gasteiger partial charge in [-0.1, -0.05) is 6.07 Å². The van der Waals surface area contributed by atoms with Crippen molar-refractivity contribution in [3.05, 3.63) is 35.1 Å². The SMILES string of the molecule is Fc1cccc(C(F)(F)F)c1[C@@H](C1CCOCC1)N1CCNCC1. The summed E-state index contributed by atoms with van der Waals surface area (Å²) in [6.45, 7) is 3.68. The minimum atomic E-state index is -4.56. The number of piperazine rings is 1. The molecule has 0 saturated carbocycles. The zero-order chi connectivity index (χ0) is 17.2. The van der Waals surface area contributed by atoms with Crippen LogP contribution in [0.5, 0.6) is 0 Å². The van der Waals surface area contributed by atoms with Crippen LogP contribution in [0.3, 0.4) is 0 Å². The number of alkyl halides is 3. The molecule has 0 bridgehead atoms. The Hall–Kier alpha value is -1.18. The number of halogens is 4. The molecule has 2 aliphatic rings. The second-order valence-corrected chi connectivity index (χ2v) is 6.38. The smallest absolute Gasteiger partial charge is 0.381 e. The molecule has 134 valence electrons. The monoisotopic (exact) mass is 346 g/mol. The largest absolute Gasteiger partial charge is 0.416 e. The number of hydrogen-bond acceptors (Lipinski definition) is 3. The quantitative estimate of drug-likeness (QED) is 0.851. The predicted octanol–water partition coefficient (Wildman–Crippen LogP) is 3.22. The van der Waals surface area contributed by atoms with Gasteiger partial charge in [-0.3, -0.25) is 4.90 Å². The van der Waals surface area contributed by atoms with E-state index in [-0.39, 0.29) is 11.5 Å². The summed E-state index contributed by atoms with van der Waals surface area (Å²) in [7, 11) is 0. The van der Waals surface area contributed by atoms with Crippen molar-refractivity contribution in [2.75, 3.05) is 39.4 Å². The van der Waals surface area contributed by atoms with Gasteiger partial charge in [0.25, 0.3) is 0 Å². The van der Waals surface area contributed by atoms with Gasteiger partial charge in [0.15, 0.2) is 0 Å². The molecule has 2 aliphatic heterocycles. The molecule has 0 unspecified atom stereocenters. The van der Waals surface area contributed by atoms with Crippen molar-refractivity contribution in [2.45, 2.75) is 25.1 Å². The molecule has 2 fully saturated rings. The molecule has 1 atom stereocenters. The van der Waals surface area contributed by atoms with Gasteiger partial charge >= 0.3 is 6.18 Å². The number of ether oxygens (including phenoxy) is 1. The summed E-state index contributed by atoms with van der Waals surface area (Å²) in [6.07, 6.45) is -3.25. The van der Waals surface area contributed by atoms with Crippen molar-refractivity contribution in [3.8, 4) is 0 Å². The summed E-state index contributed by atoms with van der Waals surface area (Å²) in [5.74, 6) is -0.797. The van der Waals surface area contributed by atoms with E-state index in [2.05, 4.69) is 5.32 Å². The molecule has 0 radical (unpaired) electrons. The molecule has 2 heterocycles. The highest BCUT2D eigenvalue weighted by Crippen LogP contribution is 2.43. The lowest BCUT2D eigenvalue weighted by molar-refractivity contribution is -0.139. The highest BCUT2D eigenvalue weighted by Gasteiger charge is 2.41. The van der Waals surface area contributed by atoms with Crippen molar-refractivity contribution in [2.24, 2.45) is 5.92 Å². The Morgan fingerprint density at radius 3 is 2.42 bits per heavy atom. The van der Waals surface area contributed by atoms with E-state index in [1.54, 1.807) is 0 Å². The number of benzene rings is 1. The van der Waals surface area contributed by atoms with E-state index in [0.717, 1.165) is 18.2 Å². The zero-order valence-electron chi connectivity index (χ0n) is 13.4. The van der Waals surface area contributed by atoms with Gasteiger partial charge in [0.1, 0.15) is 5.82 Å². The second kappa shape index (κ2) is 7.37. The maximum absolute atomic E-state index is 14.6. The van der Waals surface area contributed by atoms with Crippen LogP contribution in [0.1, 0.15) is 30.0 Å². The summed E-state index contributed by atoms with van der Waals surface area (Å²) < 4.78 is 60.4. The van der Waals surface area contributed by atoms with E-state index in [4.69, 9.17) is 4.74 Å². The lowest BCUT2D eigenvalue weighted by Gasteiger charge is -2.42. The van der Waals surface area contributed by atoms with E-state index in [1.807, 2.05) is 4.90 Å². The van der Waals surface area contributed by atoms with Gasteiger partial charge in [-0.05, 0) is 30.9 Å². The first-order chi connectivity index (χ1) is 11.5. The van der Waals surface area contributed by atoms with Crippen molar-refractivity contribution in [3.63, 3.8) is 0 Å². The first kappa shape index (κ1) is 17.6. The van der Waals surface area contributed by atoms with Gasteiger partial charge in [0.05, 0.1) is 5.56 Å². The van der Waals surface area contributed by atoms with E-state index in [9.17, 15) is 17.6 Å². The van der Waals surface area contributed by atoms with E-state index >= 15 is 0 Å². The average Bonchev–Trinajstić information content (AvgIpc) is 2.57. The van der Waals surface area contributed by atoms with E-state index < -0.39 is 23.6 Å². The molecule has 2 saturated heterocycles. The minimum Gasteiger partial charge on any atom is -0.381 e. The Labute approximate surface area is 139 Å². The number of hydrogen-bond donors (Lipinski definition) is 1. The van der Waals surface area contributed by atoms with Gasteiger partial charge < -0.3 is 10.1 Å². The molecule has 0 aliphatic carbocycles. The molecule has 24 heavy (non-hydrogen) atoms. The van der Waals surface area contributed by atoms with Crippen LogP contribution < -0.4 is 5.32 Å². The van der Waals surface area contributed by atoms with Crippen molar-refractivity contribution >= 4 is 0 Å². The number of nitrogens with zero attached hydrogens (tertiary/aromatic N) is 1. The van der Waals surface area contributed by atoms with Crippen molar-refractivity contribution in [1.29, 1.82) is 0 Å². The molecule has 3 rings (SSSR count). The predicted molar refractivity (Wildman–Crippen MR) is 82.1 cm³/mol. The molecule has 1 aromatic carbocycles. The average molecular weight is 346 g/mol. The molecule has 1 aromatic rings. The van der Waals surface area contributed by atoms with Crippen LogP contribution in [-0.2, 0) is 10.9 Å². The Balaban J connectivity index is 2.04. The molecular formula is C17H22F4N2O. The van der Waals surface area contributed by atoms with Crippen LogP contribution in [0.15, 0.2) is 18.2 Å². The van der Waals surface area contributed by atoms with Gasteiger partial charge in [0.2, 0.25) is 0 Å². The molecule has 0 amide bonds. The maximum Gasteiger partial charge on any atom is 0.416 e. The van der Waals surface area contributed by atoms with Gasteiger partial charge in [-0.2, -0.15) is 13.2 Å². The number of rotatable bonds is 3. The van der Waals surface area contributed by atoms with Crippen LogP contribution in [0.25, 0.3) is 0 Å². The molecule has 3 nitrogen and oxygen atoms in total. The molecular weight excluding hydrogens is 324 g/mol. The first-order valence-corrected chi connectivity index (χ1v) is 8.36. The summed E-state index contributed by atoms with van der Waals surface area (Å²) in [4.78, 5) is 2.00. The standard InChI is InChI=1S/C17H22F4N2O/c18-14-3-1-2-13(17(19,20)21)15(14)16(12-4-10-24-11-5-12)23-8-6-22-7-9-23/h1-3,12,16,22H,4-11H2/t16-/m1/s1. The first-order valence-electron chi connectivity index (χ1n) is 8.36. The third kappa shape index (κ3) is 3.73. The Bertz CT molecular complexity index is 534. The second-order valence-electron chi connectivity index (χ2n) is 6.38. The summed E-state index contributed by atoms with van der Waals surface area (Å²) in [5, 5.41) is 3.20. The fraction of sp³-hybridized carbons (Fsp3) is 0.647. The van der Waals surface area contributed by atoms with Crippen molar-refractivity contribution in [1.82, 2.24) is 10.2 Å². The Morgan fingerprint density at radius 1 is 1.12 bits per heavy atom. The fourth-order valence-electron chi connectivity index (χ4n) is 3.79. The van der Waals surface area contributed by atoms with Gasteiger partial charge in [-0.25, -0.2) is 4.39 Å². The maximum atomic E-state index is 14.6. The normalized spacial score (nSPS) is 22.5. The Kier molecular flexibility index (Phi) is 5.42. The Morgan fingerprint density at radius 2 is 1.79 bits per heavy atom. The fourth-order valence-corrected chi connectivity index (χ4v) is 3.79. The van der Waals surface area contributed by atoms with Gasteiger partial charge in [0, 0.05) is 51.0 Å². The summed E-state index contributed by atoms with van der Waals surface area (Å²) >= 11 is 0. The third-order valence-corrected chi connectivity index (χ3v) is 4.91. The summed E-state index contributed by atoms with van der Waals surface area (Å²) in [6, 6.07) is 2.71. The number of nitrogens with one attached hydrogen (secondary N) is 1. The zero-order valence-corrected chi connectivity index (χ0v) is 13.4. The minimum absolute atomic E-state index is 0.0325. The van der Waals surface area contributed by atoms with Crippen molar-refractivity contribution < 1.29 is 22.3 Å². The topological polar surface area (TPSA) is 24.5 Å². The molecule has 1 N–H and O–H groups in total. The van der Waals surface area contributed by atoms with Crippen LogP contribution in [0, 0.1) is 11.7 Å². The lowest BCUT2D eigenvalue weighted by Crippen LogP contribution is -2.48. The van der Waals surface area contributed by atoms with Gasteiger partial charge in [-0.15, -0.1) is 0 Å². The van der Waals surface area contributed by atoms with Crippen LogP contribution in [-0.4, -0.2) is 44.3 Å². The highest BCUT2D eigenvalue weighted by molar-refractivity contribution is 5.34. The molecule has 0 spiro atoms. The van der Waals surface area contributed by atoms with Crippen LogP contribution >= 0.6 is 0 Å². The van der Waals surface area contributed by atoms with E-state index in [1.165, 1.54) is 0 Å². The molecule has 0 aromatic heterocycles. The van der Waals surface area contributed by atoms with Crippen LogP contribution in [0.2, 0.25) is 0 Å². The van der Waals surface area contributed by atoms with Crippen LogP contribution in [0.4, 0.5) is 17.6 Å². The third-order valence-electron chi connectivity index (χ3n) is 4.91. The van der Waals surface area contributed by atoms with E-state index in [0.29, 0.717) is 52.2 Å². The highest BCUT2D eigenvalue weighted by atomic mass is 19.4. The molecule has 7 heteroatoms. The lowest BCUT2D eigenvalue weighted by atomic mass is 9.83.